The van der Waals surface area contributed by atoms with E-state index in [0.29, 0.717) is 16.6 Å². The van der Waals surface area contributed by atoms with Crippen molar-refractivity contribution >= 4 is 34.4 Å². The van der Waals surface area contributed by atoms with Gasteiger partial charge in [-0.15, -0.1) is 0 Å². The van der Waals surface area contributed by atoms with Crippen LogP contribution < -0.4 is 5.32 Å². The molecule has 1 fully saturated rings. The molecule has 1 aliphatic heterocycles. The van der Waals surface area contributed by atoms with Gasteiger partial charge in [0.1, 0.15) is 6.04 Å². The molecule has 2 aromatic rings. The predicted molar refractivity (Wildman–Crippen MR) is 94.9 cm³/mol. The number of benzene rings is 1. The van der Waals surface area contributed by atoms with Crippen molar-refractivity contribution in [2.75, 3.05) is 18.4 Å². The van der Waals surface area contributed by atoms with Crippen molar-refractivity contribution in [3.05, 3.63) is 42.1 Å². The Balaban J connectivity index is 1.91. The Hall–Kier alpha value is -3.13. The van der Waals surface area contributed by atoms with Crippen LogP contribution in [0.1, 0.15) is 24.4 Å². The third-order valence-electron chi connectivity index (χ3n) is 4.39. The fourth-order valence-corrected chi connectivity index (χ4v) is 3.26. The highest BCUT2D eigenvalue weighted by atomic mass is 16.4. The molecule has 8 nitrogen and oxygen atoms in total. The topological polar surface area (TPSA) is 123 Å². The van der Waals surface area contributed by atoms with Crippen LogP contribution in [0.4, 0.5) is 5.69 Å². The van der Waals surface area contributed by atoms with Gasteiger partial charge < -0.3 is 20.5 Å². The Bertz CT molecular complexity index is 880. The van der Waals surface area contributed by atoms with Crippen molar-refractivity contribution in [1.82, 2.24) is 9.88 Å². The number of hydrogen-bond donors (Lipinski definition) is 4. The maximum atomic E-state index is 11.9. The van der Waals surface area contributed by atoms with Gasteiger partial charge in [-0.3, -0.25) is 14.5 Å². The highest BCUT2D eigenvalue weighted by molar-refractivity contribution is 6.03. The molecule has 1 saturated heterocycles. The lowest BCUT2D eigenvalue weighted by molar-refractivity contribution is -0.143. The summed E-state index contributed by atoms with van der Waals surface area (Å²) in [5.41, 5.74) is 1.88. The number of carbonyl (C=O) groups excluding carboxylic acids is 1. The molecule has 0 radical (unpaired) electrons. The minimum absolute atomic E-state index is 0.462. The summed E-state index contributed by atoms with van der Waals surface area (Å²) in [5.74, 6) is -2.69. The van der Waals surface area contributed by atoms with Crippen LogP contribution in [0.5, 0.6) is 0 Å². The first kappa shape index (κ1) is 17.7. The van der Waals surface area contributed by atoms with E-state index in [1.54, 1.807) is 24.4 Å². The van der Waals surface area contributed by atoms with Gasteiger partial charge in [0.15, 0.2) is 0 Å². The van der Waals surface area contributed by atoms with Gasteiger partial charge in [0.2, 0.25) is 5.91 Å². The average molecular weight is 357 g/mol. The van der Waals surface area contributed by atoms with Gasteiger partial charge in [0, 0.05) is 40.5 Å². The van der Waals surface area contributed by atoms with E-state index in [9.17, 15) is 19.5 Å². The molecule has 1 aromatic heterocycles. The van der Waals surface area contributed by atoms with Crippen LogP contribution in [0.2, 0.25) is 0 Å². The van der Waals surface area contributed by atoms with Crippen LogP contribution in [0.25, 0.3) is 10.9 Å². The van der Waals surface area contributed by atoms with Crippen LogP contribution in [-0.2, 0) is 14.4 Å². The first-order valence-electron chi connectivity index (χ1n) is 8.25. The van der Waals surface area contributed by atoms with E-state index in [4.69, 9.17) is 5.11 Å². The Labute approximate surface area is 149 Å². The van der Waals surface area contributed by atoms with Crippen LogP contribution >= 0.6 is 0 Å². The number of aromatic amines is 1. The fourth-order valence-electron chi connectivity index (χ4n) is 3.26. The second-order valence-electron chi connectivity index (χ2n) is 6.15. The van der Waals surface area contributed by atoms with Gasteiger partial charge in [-0.25, -0.2) is 4.79 Å². The van der Waals surface area contributed by atoms with E-state index in [2.05, 4.69) is 10.3 Å². The number of carboxylic acid groups (broad SMARTS) is 2. The number of carbonyl (C=O) groups is 3. The third kappa shape index (κ3) is 3.75. The number of rotatable bonds is 6. The first-order valence-corrected chi connectivity index (χ1v) is 8.25. The van der Waals surface area contributed by atoms with E-state index >= 15 is 0 Å². The van der Waals surface area contributed by atoms with Gasteiger partial charge in [-0.1, -0.05) is 0 Å². The third-order valence-corrected chi connectivity index (χ3v) is 4.39. The summed E-state index contributed by atoms with van der Waals surface area (Å²) < 4.78 is 0. The fraction of sp³-hybridized carbons (Fsp3) is 0.278. The molecule has 8 heteroatoms. The molecule has 0 bridgehead atoms. The minimum atomic E-state index is -1.21. The van der Waals surface area contributed by atoms with Crippen molar-refractivity contribution < 1.29 is 24.6 Å². The smallest absolute Gasteiger partial charge is 0.328 e. The lowest BCUT2D eigenvalue weighted by Gasteiger charge is -2.23. The summed E-state index contributed by atoms with van der Waals surface area (Å²) >= 11 is 0. The number of nitrogens with one attached hydrogen (secondary N) is 2. The van der Waals surface area contributed by atoms with Crippen LogP contribution in [-0.4, -0.2) is 51.0 Å². The zero-order valence-corrected chi connectivity index (χ0v) is 13.9. The number of H-pyrrole nitrogens is 1. The number of aliphatic carboxylic acids is 2. The molecule has 26 heavy (non-hydrogen) atoms. The molecule has 1 aliphatic rings. The number of aromatic nitrogens is 1. The van der Waals surface area contributed by atoms with Crippen molar-refractivity contribution in [3.63, 3.8) is 0 Å². The monoisotopic (exact) mass is 357 g/mol. The lowest BCUT2D eigenvalue weighted by Crippen LogP contribution is -2.31. The average Bonchev–Trinajstić information content (AvgIpc) is 3.24. The molecule has 1 amide bonds. The molecule has 0 aliphatic carbocycles. The minimum Gasteiger partial charge on any atom is -0.480 e. The quantitative estimate of drug-likeness (QED) is 0.586. The van der Waals surface area contributed by atoms with Gasteiger partial charge in [0.05, 0.1) is 0 Å². The molecule has 136 valence electrons. The summed E-state index contributed by atoms with van der Waals surface area (Å²) in [4.78, 5) is 39.1. The first-order chi connectivity index (χ1) is 12.5. The van der Waals surface area contributed by atoms with Gasteiger partial charge in [0.25, 0.3) is 0 Å². The Morgan fingerprint density at radius 3 is 2.54 bits per heavy atom. The van der Waals surface area contributed by atoms with Gasteiger partial charge in [-0.05, 0) is 44.1 Å². The Kier molecular flexibility index (Phi) is 5.04. The lowest BCUT2D eigenvalue weighted by atomic mass is 10.0. The molecule has 0 saturated carbocycles. The second kappa shape index (κ2) is 7.40. The van der Waals surface area contributed by atoms with Crippen molar-refractivity contribution in [3.8, 4) is 0 Å². The number of anilines is 1. The summed E-state index contributed by atoms with van der Waals surface area (Å²) in [7, 11) is 0. The summed E-state index contributed by atoms with van der Waals surface area (Å²) in [6.07, 6.45) is 5.32. The summed E-state index contributed by atoms with van der Waals surface area (Å²) in [5, 5.41) is 21.6. The number of hydrogen-bond acceptors (Lipinski definition) is 4. The maximum Gasteiger partial charge on any atom is 0.328 e. The van der Waals surface area contributed by atoms with Crippen LogP contribution in [0, 0.1) is 0 Å². The van der Waals surface area contributed by atoms with E-state index in [1.165, 1.54) is 0 Å². The number of amides is 1. The molecule has 2 heterocycles. The van der Waals surface area contributed by atoms with Crippen LogP contribution in [0.15, 0.2) is 36.5 Å². The van der Waals surface area contributed by atoms with E-state index in [-0.39, 0.29) is 0 Å². The SMILES string of the molecule is O=C(O)C=CC(=O)Nc1ccc2[nH]cc(C(C(=O)O)N3CCCC3)c2c1. The van der Waals surface area contributed by atoms with Crippen molar-refractivity contribution in [1.29, 1.82) is 0 Å². The number of nitrogens with zero attached hydrogens (tertiary/aromatic N) is 1. The van der Waals surface area contributed by atoms with E-state index < -0.39 is 23.9 Å². The van der Waals surface area contributed by atoms with Crippen LogP contribution in [0.3, 0.4) is 0 Å². The number of likely N-dealkylation sites (tertiary alicyclic amines) is 1. The highest BCUT2D eigenvalue weighted by Crippen LogP contribution is 2.32. The molecule has 1 aromatic carbocycles. The van der Waals surface area contributed by atoms with Gasteiger partial charge >= 0.3 is 11.9 Å². The number of carboxylic acids is 2. The summed E-state index contributed by atoms with van der Waals surface area (Å²) in [6.45, 7) is 1.47. The molecular weight excluding hydrogens is 338 g/mol. The Morgan fingerprint density at radius 1 is 1.15 bits per heavy atom. The zero-order chi connectivity index (χ0) is 18.7. The highest BCUT2D eigenvalue weighted by Gasteiger charge is 2.31. The molecule has 4 N–H and O–H groups in total. The molecular formula is C18H19N3O5. The predicted octanol–water partition coefficient (Wildman–Crippen LogP) is 1.97. The molecule has 1 unspecified atom stereocenters. The Morgan fingerprint density at radius 2 is 1.88 bits per heavy atom. The molecule has 1 atom stereocenters. The van der Waals surface area contributed by atoms with E-state index in [1.807, 2.05) is 4.90 Å². The maximum absolute atomic E-state index is 11.9. The largest absolute Gasteiger partial charge is 0.480 e. The number of fused-ring (bicyclic) bond motifs is 1. The van der Waals surface area contributed by atoms with Crippen molar-refractivity contribution in [2.45, 2.75) is 18.9 Å². The standard InChI is InChI=1S/C18H19N3O5/c22-15(5-6-16(23)24)20-11-3-4-14-12(9-11)13(10-19-14)17(18(25)26)21-7-1-2-8-21/h3-6,9-10,17,19H,1-2,7-8H2,(H,20,22)(H,23,24)(H,25,26). The molecule has 0 spiro atoms. The zero-order valence-electron chi connectivity index (χ0n) is 13.9. The van der Waals surface area contributed by atoms with Crippen molar-refractivity contribution in [2.24, 2.45) is 0 Å². The second-order valence-corrected chi connectivity index (χ2v) is 6.15. The van der Waals surface area contributed by atoms with E-state index in [0.717, 1.165) is 43.6 Å². The summed E-state index contributed by atoms with van der Waals surface area (Å²) in [6, 6.07) is 4.36. The normalized spacial score (nSPS) is 16.2. The van der Waals surface area contributed by atoms with Gasteiger partial charge in [-0.2, -0.15) is 0 Å². The molecule has 3 rings (SSSR count).